The molecule has 1 aliphatic rings. The molecule has 0 fully saturated rings. The van der Waals surface area contributed by atoms with Crippen LogP contribution in [0, 0.1) is 32.5 Å². The Labute approximate surface area is 148 Å². The van der Waals surface area contributed by atoms with Crippen LogP contribution in [0.1, 0.15) is 34.2 Å². The lowest BCUT2D eigenvalue weighted by Gasteiger charge is -2.13. The van der Waals surface area contributed by atoms with Crippen LogP contribution in [0.2, 0.25) is 0 Å². The number of ketones is 1. The SMILES string of the molecule is COC1=C(c2ccc(C)c(C)c2C)C(=O)C(Cc2ccc(F)cc2)C1. The minimum absolute atomic E-state index is 0.118. The molecular weight excluding hydrogens is 315 g/mol. The maximum Gasteiger partial charge on any atom is 0.170 e. The van der Waals surface area contributed by atoms with Crippen molar-refractivity contribution in [3.63, 3.8) is 0 Å². The molecule has 0 aromatic heterocycles. The van der Waals surface area contributed by atoms with E-state index < -0.39 is 0 Å². The Balaban J connectivity index is 1.93. The van der Waals surface area contributed by atoms with Crippen molar-refractivity contribution in [3.05, 3.63) is 75.8 Å². The van der Waals surface area contributed by atoms with Gasteiger partial charge in [0.2, 0.25) is 0 Å². The van der Waals surface area contributed by atoms with E-state index in [-0.39, 0.29) is 17.5 Å². The fourth-order valence-electron chi connectivity index (χ4n) is 3.53. The first kappa shape index (κ1) is 17.4. The highest BCUT2D eigenvalue weighted by Gasteiger charge is 2.35. The van der Waals surface area contributed by atoms with Crippen LogP contribution in [-0.2, 0) is 16.0 Å². The highest BCUT2D eigenvalue weighted by atomic mass is 19.1. The van der Waals surface area contributed by atoms with E-state index in [9.17, 15) is 9.18 Å². The van der Waals surface area contributed by atoms with Gasteiger partial charge >= 0.3 is 0 Å². The third-order valence-corrected chi connectivity index (χ3v) is 5.30. The van der Waals surface area contributed by atoms with Gasteiger partial charge in [0, 0.05) is 12.3 Å². The van der Waals surface area contributed by atoms with Gasteiger partial charge in [-0.15, -0.1) is 0 Å². The van der Waals surface area contributed by atoms with E-state index in [2.05, 4.69) is 26.8 Å². The number of aryl methyl sites for hydroxylation is 1. The first-order valence-electron chi connectivity index (χ1n) is 8.55. The van der Waals surface area contributed by atoms with Crippen LogP contribution in [0.5, 0.6) is 0 Å². The van der Waals surface area contributed by atoms with E-state index in [4.69, 9.17) is 4.74 Å². The fourth-order valence-corrected chi connectivity index (χ4v) is 3.53. The van der Waals surface area contributed by atoms with Gasteiger partial charge in [-0.3, -0.25) is 4.79 Å². The number of methoxy groups -OCH3 is 1. The van der Waals surface area contributed by atoms with Crippen molar-refractivity contribution in [2.45, 2.75) is 33.6 Å². The van der Waals surface area contributed by atoms with E-state index in [1.165, 1.54) is 23.3 Å². The van der Waals surface area contributed by atoms with Crippen LogP contribution in [0.25, 0.3) is 5.57 Å². The maximum atomic E-state index is 13.1. The molecule has 0 spiro atoms. The van der Waals surface area contributed by atoms with Gasteiger partial charge in [0.1, 0.15) is 11.6 Å². The van der Waals surface area contributed by atoms with Crippen LogP contribution in [-0.4, -0.2) is 12.9 Å². The quantitative estimate of drug-likeness (QED) is 0.789. The van der Waals surface area contributed by atoms with Crippen LogP contribution in [0.15, 0.2) is 42.2 Å². The molecule has 0 saturated carbocycles. The van der Waals surface area contributed by atoms with Gasteiger partial charge in [-0.25, -0.2) is 4.39 Å². The summed E-state index contributed by atoms with van der Waals surface area (Å²) in [6.45, 7) is 6.21. The average Bonchev–Trinajstić information content (AvgIpc) is 2.91. The van der Waals surface area contributed by atoms with Crippen molar-refractivity contribution in [1.29, 1.82) is 0 Å². The summed E-state index contributed by atoms with van der Waals surface area (Å²) < 4.78 is 18.7. The van der Waals surface area contributed by atoms with E-state index in [0.717, 1.165) is 22.4 Å². The zero-order valence-corrected chi connectivity index (χ0v) is 15.2. The second kappa shape index (κ2) is 6.83. The van der Waals surface area contributed by atoms with Gasteiger partial charge < -0.3 is 4.74 Å². The van der Waals surface area contributed by atoms with Gasteiger partial charge in [0.25, 0.3) is 0 Å². The predicted octanol–water partition coefficient (Wildman–Crippen LogP) is 4.94. The van der Waals surface area contributed by atoms with Crippen LogP contribution >= 0.6 is 0 Å². The summed E-state index contributed by atoms with van der Waals surface area (Å²) in [4.78, 5) is 13.1. The van der Waals surface area contributed by atoms with Gasteiger partial charge in [0.15, 0.2) is 5.78 Å². The van der Waals surface area contributed by atoms with Crippen LogP contribution in [0.3, 0.4) is 0 Å². The first-order valence-corrected chi connectivity index (χ1v) is 8.55. The van der Waals surface area contributed by atoms with E-state index >= 15 is 0 Å². The predicted molar refractivity (Wildman–Crippen MR) is 97.8 cm³/mol. The average molecular weight is 338 g/mol. The molecule has 1 atom stereocenters. The third kappa shape index (κ3) is 3.23. The highest BCUT2D eigenvalue weighted by molar-refractivity contribution is 6.25. The number of hydrogen-bond donors (Lipinski definition) is 0. The Bertz CT molecular complexity index is 847. The molecule has 3 rings (SSSR count). The fraction of sp³-hybridized carbons (Fsp3) is 0.318. The smallest absolute Gasteiger partial charge is 0.170 e. The number of Topliss-reactive ketones (excluding diaryl/α,β-unsaturated/α-hetero) is 1. The van der Waals surface area contributed by atoms with E-state index in [1.807, 2.05) is 6.07 Å². The zero-order chi connectivity index (χ0) is 18.1. The standard InChI is InChI=1S/C22H23FO2/c1-13-5-10-19(15(3)14(13)2)21-20(25-4)12-17(22(21)24)11-16-6-8-18(23)9-7-16/h5-10,17H,11-12H2,1-4H3. The molecule has 1 unspecified atom stereocenters. The zero-order valence-electron chi connectivity index (χ0n) is 15.2. The second-order valence-electron chi connectivity index (χ2n) is 6.78. The third-order valence-electron chi connectivity index (χ3n) is 5.30. The number of halogens is 1. The largest absolute Gasteiger partial charge is 0.500 e. The summed E-state index contributed by atoms with van der Waals surface area (Å²) >= 11 is 0. The van der Waals surface area contributed by atoms with Crippen molar-refractivity contribution in [3.8, 4) is 0 Å². The van der Waals surface area contributed by atoms with Crippen LogP contribution in [0.4, 0.5) is 4.39 Å². The molecule has 25 heavy (non-hydrogen) atoms. The number of ether oxygens (including phenoxy) is 1. The number of carbonyl (C=O) groups is 1. The molecule has 2 aromatic rings. The topological polar surface area (TPSA) is 26.3 Å². The molecule has 0 N–H and O–H groups in total. The number of hydrogen-bond acceptors (Lipinski definition) is 2. The molecule has 2 nitrogen and oxygen atoms in total. The van der Waals surface area contributed by atoms with Crippen molar-refractivity contribution >= 4 is 11.4 Å². The molecule has 0 amide bonds. The van der Waals surface area contributed by atoms with E-state index in [0.29, 0.717) is 18.4 Å². The van der Waals surface area contributed by atoms with Gasteiger partial charge in [0.05, 0.1) is 12.7 Å². The van der Waals surface area contributed by atoms with Crippen LogP contribution < -0.4 is 0 Å². The molecule has 0 radical (unpaired) electrons. The molecule has 0 saturated heterocycles. The lowest BCUT2D eigenvalue weighted by molar-refractivity contribution is -0.116. The molecule has 0 aliphatic heterocycles. The Hall–Kier alpha value is -2.42. The second-order valence-corrected chi connectivity index (χ2v) is 6.78. The lowest BCUT2D eigenvalue weighted by Crippen LogP contribution is -2.13. The van der Waals surface area contributed by atoms with E-state index in [1.54, 1.807) is 19.2 Å². The molecule has 1 aliphatic carbocycles. The number of benzene rings is 2. The lowest BCUT2D eigenvalue weighted by atomic mass is 9.90. The number of rotatable bonds is 4. The van der Waals surface area contributed by atoms with Crippen molar-refractivity contribution < 1.29 is 13.9 Å². The summed E-state index contributed by atoms with van der Waals surface area (Å²) in [5.74, 6) is 0.455. The van der Waals surface area contributed by atoms with Gasteiger partial charge in [-0.2, -0.15) is 0 Å². The summed E-state index contributed by atoms with van der Waals surface area (Å²) in [7, 11) is 1.62. The Morgan fingerprint density at radius 2 is 1.72 bits per heavy atom. The normalized spacial score (nSPS) is 17.3. The molecule has 2 aromatic carbocycles. The summed E-state index contributed by atoms with van der Waals surface area (Å²) in [5, 5.41) is 0. The number of allylic oxidation sites excluding steroid dienone is 2. The summed E-state index contributed by atoms with van der Waals surface area (Å²) in [5.41, 5.74) is 6.18. The van der Waals surface area contributed by atoms with Crippen molar-refractivity contribution in [2.75, 3.05) is 7.11 Å². The minimum Gasteiger partial charge on any atom is -0.500 e. The summed E-state index contributed by atoms with van der Waals surface area (Å²) in [6.07, 6.45) is 1.19. The van der Waals surface area contributed by atoms with Gasteiger partial charge in [-0.05, 0) is 67.1 Å². The first-order chi connectivity index (χ1) is 11.9. The molecular formula is C22H23FO2. The molecule has 0 heterocycles. The monoisotopic (exact) mass is 338 g/mol. The number of carbonyl (C=O) groups excluding carboxylic acids is 1. The highest BCUT2D eigenvalue weighted by Crippen LogP contribution is 2.39. The molecule has 130 valence electrons. The Morgan fingerprint density at radius 1 is 1.04 bits per heavy atom. The Kier molecular flexibility index (Phi) is 4.76. The van der Waals surface area contributed by atoms with Crippen molar-refractivity contribution in [1.82, 2.24) is 0 Å². The summed E-state index contributed by atoms with van der Waals surface area (Å²) in [6, 6.07) is 10.4. The molecule has 3 heteroatoms. The maximum absolute atomic E-state index is 13.1. The molecule has 0 bridgehead atoms. The van der Waals surface area contributed by atoms with Crippen molar-refractivity contribution in [2.24, 2.45) is 5.92 Å². The Morgan fingerprint density at radius 3 is 2.36 bits per heavy atom. The minimum atomic E-state index is -0.261. The van der Waals surface area contributed by atoms with Gasteiger partial charge in [-0.1, -0.05) is 24.3 Å².